The summed E-state index contributed by atoms with van der Waals surface area (Å²) in [6, 6.07) is 0. The average molecular weight is 391 g/mol. The second kappa shape index (κ2) is 9.59. The highest BCUT2D eigenvalue weighted by molar-refractivity contribution is 5.90. The van der Waals surface area contributed by atoms with E-state index in [9.17, 15) is 9.59 Å². The van der Waals surface area contributed by atoms with E-state index in [2.05, 4.69) is 4.98 Å². The van der Waals surface area contributed by atoms with Crippen molar-refractivity contribution in [3.8, 4) is 0 Å². The maximum atomic E-state index is 13.1. The van der Waals surface area contributed by atoms with Crippen LogP contribution in [0.25, 0.3) is 0 Å². The Bertz CT molecular complexity index is 685. The van der Waals surface area contributed by atoms with Crippen LogP contribution >= 0.6 is 0 Å². The number of rotatable bonds is 8. The molecule has 2 aliphatic rings. The maximum Gasteiger partial charge on any atom is 0.355 e. The summed E-state index contributed by atoms with van der Waals surface area (Å²) in [5.74, 6) is 0.389. The third kappa shape index (κ3) is 4.96. The normalized spacial score (nSPS) is 19.9. The topological polar surface area (TPSA) is 71.6 Å². The quantitative estimate of drug-likeness (QED) is 0.684. The highest BCUT2D eigenvalue weighted by Crippen LogP contribution is 2.29. The highest BCUT2D eigenvalue weighted by Gasteiger charge is 2.28. The molecule has 6 nitrogen and oxygen atoms in total. The molecule has 1 amide bonds. The number of aryl methyl sites for hydroxylation is 1. The summed E-state index contributed by atoms with van der Waals surface area (Å²) in [7, 11) is 0. The molecule has 1 aromatic heterocycles. The van der Waals surface area contributed by atoms with Crippen LogP contribution in [-0.4, -0.2) is 47.6 Å². The molecule has 2 fully saturated rings. The Morgan fingerprint density at radius 2 is 1.93 bits per heavy atom. The van der Waals surface area contributed by atoms with Crippen molar-refractivity contribution in [3.63, 3.8) is 0 Å². The van der Waals surface area contributed by atoms with Crippen molar-refractivity contribution in [2.75, 3.05) is 19.8 Å². The van der Waals surface area contributed by atoms with Crippen molar-refractivity contribution in [1.29, 1.82) is 0 Å². The Labute approximate surface area is 168 Å². The number of nitrogens with one attached hydrogen (secondary N) is 1. The summed E-state index contributed by atoms with van der Waals surface area (Å²) in [5.41, 5.74) is 3.31. The van der Waals surface area contributed by atoms with Gasteiger partial charge in [-0.2, -0.15) is 0 Å². The third-order valence-corrected chi connectivity index (χ3v) is 6.16. The van der Waals surface area contributed by atoms with Crippen LogP contribution in [0.15, 0.2) is 0 Å². The van der Waals surface area contributed by atoms with Crippen molar-refractivity contribution < 1.29 is 19.1 Å². The smallest absolute Gasteiger partial charge is 0.355 e. The number of aromatic nitrogens is 1. The molecular weight excluding hydrogens is 356 g/mol. The van der Waals surface area contributed by atoms with Gasteiger partial charge in [0.1, 0.15) is 5.69 Å². The van der Waals surface area contributed by atoms with E-state index in [1.54, 1.807) is 6.92 Å². The predicted octanol–water partition coefficient (Wildman–Crippen LogP) is 3.90. The minimum atomic E-state index is -0.336. The van der Waals surface area contributed by atoms with Gasteiger partial charge in [-0.3, -0.25) is 4.79 Å². The summed E-state index contributed by atoms with van der Waals surface area (Å²) in [4.78, 5) is 30.4. The summed E-state index contributed by atoms with van der Waals surface area (Å²) < 4.78 is 11.0. The fourth-order valence-electron chi connectivity index (χ4n) is 4.50. The first kappa shape index (κ1) is 20.9. The lowest BCUT2D eigenvalue weighted by Crippen LogP contribution is -2.37. The Morgan fingerprint density at radius 1 is 1.18 bits per heavy atom. The molecule has 1 atom stereocenters. The van der Waals surface area contributed by atoms with Crippen LogP contribution in [0, 0.1) is 19.8 Å². The number of hydrogen-bond acceptors (Lipinski definition) is 4. The van der Waals surface area contributed by atoms with Crippen LogP contribution in [0.2, 0.25) is 0 Å². The zero-order valence-electron chi connectivity index (χ0n) is 17.5. The van der Waals surface area contributed by atoms with Crippen molar-refractivity contribution in [2.24, 2.45) is 5.92 Å². The number of aromatic amines is 1. The highest BCUT2D eigenvalue weighted by atomic mass is 16.5. The number of carbonyl (C=O) groups excluding carboxylic acids is 2. The molecule has 1 aliphatic carbocycles. The summed E-state index contributed by atoms with van der Waals surface area (Å²) >= 11 is 0. The van der Waals surface area contributed by atoms with Gasteiger partial charge in [-0.15, -0.1) is 0 Å². The van der Waals surface area contributed by atoms with E-state index in [-0.39, 0.29) is 18.0 Å². The van der Waals surface area contributed by atoms with Gasteiger partial charge in [0.25, 0.3) is 0 Å². The lowest BCUT2D eigenvalue weighted by Gasteiger charge is -2.27. The zero-order valence-corrected chi connectivity index (χ0v) is 17.5. The lowest BCUT2D eigenvalue weighted by atomic mass is 10.0. The summed E-state index contributed by atoms with van der Waals surface area (Å²) in [6.07, 6.45) is 7.61. The SMILES string of the molecule is CCOC(=O)c1[nH]c(C)c(CN(CC2CCCO2)C(=O)CC2CCCC2)c1C. The molecule has 0 spiro atoms. The van der Waals surface area contributed by atoms with Crippen molar-refractivity contribution in [1.82, 2.24) is 9.88 Å². The number of esters is 1. The van der Waals surface area contributed by atoms with Gasteiger partial charge < -0.3 is 19.4 Å². The molecule has 0 aromatic carbocycles. The van der Waals surface area contributed by atoms with Gasteiger partial charge in [-0.05, 0) is 63.5 Å². The van der Waals surface area contributed by atoms with E-state index in [0.717, 1.165) is 49.1 Å². The number of amides is 1. The monoisotopic (exact) mass is 390 g/mol. The van der Waals surface area contributed by atoms with E-state index < -0.39 is 0 Å². The molecule has 1 aromatic rings. The Balaban J connectivity index is 1.76. The molecule has 2 heterocycles. The van der Waals surface area contributed by atoms with Crippen LogP contribution in [0.4, 0.5) is 0 Å². The molecule has 6 heteroatoms. The molecule has 1 unspecified atom stereocenters. The van der Waals surface area contributed by atoms with Gasteiger partial charge >= 0.3 is 5.97 Å². The number of nitrogens with zero attached hydrogens (tertiary/aromatic N) is 1. The number of hydrogen-bond donors (Lipinski definition) is 1. The average Bonchev–Trinajstić information content (AvgIpc) is 3.40. The van der Waals surface area contributed by atoms with E-state index in [4.69, 9.17) is 9.47 Å². The van der Waals surface area contributed by atoms with Crippen LogP contribution < -0.4 is 0 Å². The van der Waals surface area contributed by atoms with Gasteiger partial charge in [-0.1, -0.05) is 12.8 Å². The standard InChI is InChI=1S/C22H34N2O4/c1-4-27-22(26)21-15(2)19(16(3)23-21)14-24(13-18-10-7-11-28-18)20(25)12-17-8-5-6-9-17/h17-18,23H,4-14H2,1-3H3. The van der Waals surface area contributed by atoms with Gasteiger partial charge in [0, 0.05) is 31.8 Å². The van der Waals surface area contributed by atoms with Gasteiger partial charge in [-0.25, -0.2) is 4.79 Å². The van der Waals surface area contributed by atoms with E-state index in [1.807, 2.05) is 18.7 Å². The molecule has 156 valence electrons. The van der Waals surface area contributed by atoms with Gasteiger partial charge in [0.2, 0.25) is 5.91 Å². The third-order valence-electron chi connectivity index (χ3n) is 6.16. The molecule has 1 aliphatic heterocycles. The minimum absolute atomic E-state index is 0.122. The fraction of sp³-hybridized carbons (Fsp3) is 0.727. The molecule has 1 saturated carbocycles. The predicted molar refractivity (Wildman–Crippen MR) is 107 cm³/mol. The van der Waals surface area contributed by atoms with Crippen molar-refractivity contribution >= 4 is 11.9 Å². The van der Waals surface area contributed by atoms with Crippen molar-refractivity contribution in [3.05, 3.63) is 22.5 Å². The second-order valence-corrected chi connectivity index (χ2v) is 8.21. The van der Waals surface area contributed by atoms with Crippen molar-refractivity contribution in [2.45, 2.75) is 78.4 Å². The number of H-pyrrole nitrogens is 1. The number of ether oxygens (including phenoxy) is 2. The molecule has 1 N–H and O–H groups in total. The first-order chi connectivity index (χ1) is 13.5. The molecule has 3 rings (SSSR count). The molecule has 0 bridgehead atoms. The summed E-state index contributed by atoms with van der Waals surface area (Å²) in [6.45, 7) is 7.95. The first-order valence-electron chi connectivity index (χ1n) is 10.7. The fourth-order valence-corrected chi connectivity index (χ4v) is 4.50. The second-order valence-electron chi connectivity index (χ2n) is 8.21. The largest absolute Gasteiger partial charge is 0.461 e. The Hall–Kier alpha value is -1.82. The molecule has 1 saturated heterocycles. The Kier molecular flexibility index (Phi) is 7.16. The Morgan fingerprint density at radius 3 is 2.57 bits per heavy atom. The van der Waals surface area contributed by atoms with Crippen LogP contribution in [0.3, 0.4) is 0 Å². The zero-order chi connectivity index (χ0) is 20.1. The lowest BCUT2D eigenvalue weighted by molar-refractivity contribution is -0.134. The number of carbonyl (C=O) groups is 2. The van der Waals surface area contributed by atoms with E-state index in [0.29, 0.717) is 37.7 Å². The van der Waals surface area contributed by atoms with Gasteiger partial charge in [0.15, 0.2) is 0 Å². The first-order valence-corrected chi connectivity index (χ1v) is 10.7. The molecular formula is C22H34N2O4. The van der Waals surface area contributed by atoms with Crippen LogP contribution in [-0.2, 0) is 20.8 Å². The minimum Gasteiger partial charge on any atom is -0.461 e. The van der Waals surface area contributed by atoms with Crippen LogP contribution in [0.5, 0.6) is 0 Å². The van der Waals surface area contributed by atoms with Crippen LogP contribution in [0.1, 0.15) is 79.2 Å². The molecule has 28 heavy (non-hydrogen) atoms. The molecule has 0 radical (unpaired) electrons. The summed E-state index contributed by atoms with van der Waals surface area (Å²) in [5, 5.41) is 0. The van der Waals surface area contributed by atoms with Gasteiger partial charge in [0.05, 0.1) is 12.7 Å². The van der Waals surface area contributed by atoms with E-state index in [1.165, 1.54) is 12.8 Å². The van der Waals surface area contributed by atoms with E-state index >= 15 is 0 Å². The maximum absolute atomic E-state index is 13.1.